The van der Waals surface area contributed by atoms with Gasteiger partial charge in [0.2, 0.25) is 0 Å². The lowest BCUT2D eigenvalue weighted by atomic mass is 10.0. The summed E-state index contributed by atoms with van der Waals surface area (Å²) in [6.07, 6.45) is -8.12. The van der Waals surface area contributed by atoms with Crippen LogP contribution in [0.15, 0.2) is 9.66 Å². The zero-order valence-corrected chi connectivity index (χ0v) is 10.9. The molecular formula is C8H6F9IO. The zero-order valence-electron chi connectivity index (χ0n) is 8.72. The Bertz CT molecular complexity index is 347. The molecule has 0 bridgehead atoms. The zero-order chi connectivity index (χ0) is 15.7. The summed E-state index contributed by atoms with van der Waals surface area (Å²) in [7, 11) is 0. The third-order valence-corrected chi connectivity index (χ3v) is 2.71. The van der Waals surface area contributed by atoms with E-state index >= 15 is 0 Å². The van der Waals surface area contributed by atoms with Crippen LogP contribution < -0.4 is 0 Å². The minimum Gasteiger partial charge on any atom is -0.396 e. The van der Waals surface area contributed by atoms with Crippen molar-refractivity contribution < 1.29 is 44.6 Å². The van der Waals surface area contributed by atoms with E-state index in [-0.39, 0.29) is 0 Å². The highest BCUT2D eigenvalue weighted by Gasteiger charge is 2.81. The van der Waals surface area contributed by atoms with Crippen LogP contribution in [0.1, 0.15) is 6.42 Å². The van der Waals surface area contributed by atoms with Crippen molar-refractivity contribution in [3.63, 3.8) is 0 Å². The van der Waals surface area contributed by atoms with E-state index in [1.54, 1.807) is 0 Å². The van der Waals surface area contributed by atoms with Crippen LogP contribution in [0.4, 0.5) is 39.5 Å². The second kappa shape index (κ2) is 5.66. The number of hydrogen-bond donors (Lipinski definition) is 1. The summed E-state index contributed by atoms with van der Waals surface area (Å²) >= 11 is 1.02. The Hall–Kier alpha value is -0.200. The average Bonchev–Trinajstić information content (AvgIpc) is 2.14. The number of alkyl halides is 9. The van der Waals surface area contributed by atoms with E-state index < -0.39 is 46.6 Å². The highest BCUT2D eigenvalue weighted by molar-refractivity contribution is 14.1. The van der Waals surface area contributed by atoms with Crippen LogP contribution in [-0.4, -0.2) is 35.7 Å². The SMILES string of the molecule is OCC/C(I)=C/C(F)(F)C(F)(F)C(F)(F)C(F)(F)F. The van der Waals surface area contributed by atoms with Crippen LogP contribution in [0.5, 0.6) is 0 Å². The molecule has 0 aliphatic rings. The monoisotopic (exact) mass is 416 g/mol. The largest absolute Gasteiger partial charge is 0.460 e. The van der Waals surface area contributed by atoms with E-state index in [1.807, 2.05) is 0 Å². The van der Waals surface area contributed by atoms with Gasteiger partial charge in [-0.05, 0) is 26.2 Å². The molecule has 0 amide bonds. The Morgan fingerprint density at radius 2 is 1.32 bits per heavy atom. The summed E-state index contributed by atoms with van der Waals surface area (Å²) in [5.74, 6) is -19.3. The molecule has 0 spiro atoms. The van der Waals surface area contributed by atoms with Gasteiger partial charge in [0.25, 0.3) is 0 Å². The summed E-state index contributed by atoms with van der Waals surface area (Å²) in [4.78, 5) is 0. The van der Waals surface area contributed by atoms with Crippen LogP contribution in [-0.2, 0) is 0 Å². The van der Waals surface area contributed by atoms with Crippen LogP contribution in [0, 0.1) is 0 Å². The first-order chi connectivity index (χ1) is 8.20. The van der Waals surface area contributed by atoms with Crippen molar-refractivity contribution in [1.82, 2.24) is 0 Å². The minimum absolute atomic E-state index is 0.580. The van der Waals surface area contributed by atoms with Gasteiger partial charge in [0, 0.05) is 19.1 Å². The Kier molecular flexibility index (Phi) is 5.60. The fourth-order valence-electron chi connectivity index (χ4n) is 0.854. The van der Waals surface area contributed by atoms with Crippen LogP contribution in [0.3, 0.4) is 0 Å². The predicted octanol–water partition coefficient (Wildman–Crippen LogP) is 4.16. The first-order valence-electron chi connectivity index (χ1n) is 4.39. The van der Waals surface area contributed by atoms with E-state index in [0.717, 1.165) is 22.6 Å². The summed E-state index contributed by atoms with van der Waals surface area (Å²) < 4.78 is 111. The summed E-state index contributed by atoms with van der Waals surface area (Å²) in [6.45, 7) is -0.758. The third kappa shape index (κ3) is 3.67. The lowest BCUT2D eigenvalue weighted by molar-refractivity contribution is -0.388. The van der Waals surface area contributed by atoms with Crippen LogP contribution >= 0.6 is 22.6 Å². The molecule has 0 atom stereocenters. The number of rotatable bonds is 5. The molecule has 0 aliphatic heterocycles. The molecule has 0 unspecified atom stereocenters. The predicted molar refractivity (Wildman–Crippen MR) is 54.7 cm³/mol. The lowest BCUT2D eigenvalue weighted by Gasteiger charge is -2.32. The maximum absolute atomic E-state index is 12.9. The highest BCUT2D eigenvalue weighted by Crippen LogP contribution is 2.53. The fourth-order valence-corrected chi connectivity index (χ4v) is 1.49. The number of allylic oxidation sites excluding steroid dienone is 1. The van der Waals surface area contributed by atoms with Crippen molar-refractivity contribution in [2.75, 3.05) is 6.61 Å². The van der Waals surface area contributed by atoms with Gasteiger partial charge in [-0.2, -0.15) is 39.5 Å². The first kappa shape index (κ1) is 18.8. The number of aliphatic hydroxyl groups is 1. The van der Waals surface area contributed by atoms with E-state index in [1.165, 1.54) is 0 Å². The summed E-state index contributed by atoms with van der Waals surface area (Å²) in [5.41, 5.74) is 0. The van der Waals surface area contributed by atoms with Gasteiger partial charge in [-0.15, -0.1) is 0 Å². The molecular weight excluding hydrogens is 410 g/mol. The Labute approximate surface area is 114 Å². The van der Waals surface area contributed by atoms with Gasteiger partial charge in [0.15, 0.2) is 0 Å². The molecule has 0 aromatic carbocycles. The molecule has 11 heteroatoms. The van der Waals surface area contributed by atoms with Crippen molar-refractivity contribution in [3.8, 4) is 0 Å². The number of aliphatic hydroxyl groups excluding tert-OH is 1. The topological polar surface area (TPSA) is 20.2 Å². The third-order valence-electron chi connectivity index (χ3n) is 1.86. The average molecular weight is 416 g/mol. The van der Waals surface area contributed by atoms with Gasteiger partial charge in [-0.1, -0.05) is 0 Å². The molecule has 0 radical (unpaired) electrons. The van der Waals surface area contributed by atoms with E-state index in [0.29, 0.717) is 0 Å². The standard InChI is InChI=1S/C8H6F9IO/c9-5(10,3-4(18)1-2-19)6(11,12)7(13,14)8(15,16)17/h3,19H,1-2H2/b4-3-. The molecule has 114 valence electrons. The first-order valence-corrected chi connectivity index (χ1v) is 5.47. The Balaban J connectivity index is 5.58. The second-order valence-corrected chi connectivity index (χ2v) is 4.72. The quantitative estimate of drug-likeness (QED) is 0.528. The minimum atomic E-state index is -6.89. The number of halogens is 10. The maximum Gasteiger partial charge on any atom is 0.460 e. The van der Waals surface area contributed by atoms with Gasteiger partial charge in [0.05, 0.1) is 0 Å². The fraction of sp³-hybridized carbons (Fsp3) is 0.750. The van der Waals surface area contributed by atoms with Crippen molar-refractivity contribution in [2.24, 2.45) is 0 Å². The Morgan fingerprint density at radius 1 is 0.895 bits per heavy atom. The smallest absolute Gasteiger partial charge is 0.396 e. The van der Waals surface area contributed by atoms with Gasteiger partial charge in [-0.3, -0.25) is 0 Å². The van der Waals surface area contributed by atoms with Crippen molar-refractivity contribution in [2.45, 2.75) is 30.4 Å². The molecule has 19 heavy (non-hydrogen) atoms. The second-order valence-electron chi connectivity index (χ2n) is 3.33. The molecule has 0 saturated carbocycles. The molecule has 0 fully saturated rings. The van der Waals surface area contributed by atoms with Crippen LogP contribution in [0.2, 0.25) is 0 Å². The molecule has 0 aromatic rings. The van der Waals surface area contributed by atoms with E-state index in [9.17, 15) is 39.5 Å². The van der Waals surface area contributed by atoms with Crippen molar-refractivity contribution >= 4 is 22.6 Å². The molecule has 1 N–H and O–H groups in total. The number of hydrogen-bond acceptors (Lipinski definition) is 1. The molecule has 1 nitrogen and oxygen atoms in total. The van der Waals surface area contributed by atoms with Gasteiger partial charge in [0.1, 0.15) is 0 Å². The molecule has 0 aliphatic carbocycles. The molecule has 0 aromatic heterocycles. The lowest BCUT2D eigenvalue weighted by Crippen LogP contribution is -2.60. The molecule has 0 rings (SSSR count). The van der Waals surface area contributed by atoms with E-state index in [4.69, 9.17) is 5.11 Å². The molecule has 0 saturated heterocycles. The normalized spacial score (nSPS) is 15.8. The van der Waals surface area contributed by atoms with Crippen molar-refractivity contribution in [1.29, 1.82) is 0 Å². The van der Waals surface area contributed by atoms with E-state index in [2.05, 4.69) is 0 Å². The van der Waals surface area contributed by atoms with Gasteiger partial charge in [-0.25, -0.2) is 0 Å². The highest BCUT2D eigenvalue weighted by atomic mass is 127. The molecule has 0 heterocycles. The van der Waals surface area contributed by atoms with Crippen LogP contribution in [0.25, 0.3) is 0 Å². The van der Waals surface area contributed by atoms with Crippen molar-refractivity contribution in [3.05, 3.63) is 9.66 Å². The summed E-state index contributed by atoms with van der Waals surface area (Å²) in [6, 6.07) is 0. The Morgan fingerprint density at radius 3 is 1.63 bits per heavy atom. The van der Waals surface area contributed by atoms with Gasteiger partial charge >= 0.3 is 23.9 Å². The van der Waals surface area contributed by atoms with Gasteiger partial charge < -0.3 is 5.11 Å². The summed E-state index contributed by atoms with van der Waals surface area (Å²) in [5, 5.41) is 8.32. The maximum atomic E-state index is 12.9.